The largest absolute Gasteiger partial charge is 0.393 e. The van der Waals surface area contributed by atoms with Crippen LogP contribution in [0.15, 0.2) is 0 Å². The summed E-state index contributed by atoms with van der Waals surface area (Å²) in [5.41, 5.74) is 0. The monoisotopic (exact) mass is 254 g/mol. The van der Waals surface area contributed by atoms with Crippen LogP contribution in [0, 0.1) is 0 Å². The molecule has 18 heavy (non-hydrogen) atoms. The zero-order valence-corrected chi connectivity index (χ0v) is 11.6. The molecule has 4 nitrogen and oxygen atoms in total. The Balaban J connectivity index is 1.76. The van der Waals surface area contributed by atoms with E-state index in [-0.39, 0.29) is 6.10 Å². The molecule has 4 heteroatoms. The first kappa shape index (κ1) is 13.8. The van der Waals surface area contributed by atoms with Crippen molar-refractivity contribution in [3.8, 4) is 0 Å². The van der Waals surface area contributed by atoms with Gasteiger partial charge in [-0.05, 0) is 38.6 Å². The molecular formula is C14H26N2O2. The highest BCUT2D eigenvalue weighted by atomic mass is 16.3. The molecule has 2 N–H and O–H groups in total. The first-order chi connectivity index (χ1) is 8.58. The summed E-state index contributed by atoms with van der Waals surface area (Å²) in [5.74, 6) is 0.292. The minimum Gasteiger partial charge on any atom is -0.393 e. The number of fused-ring (bicyclic) bond motifs is 2. The summed E-state index contributed by atoms with van der Waals surface area (Å²) in [7, 11) is 0. The molecular weight excluding hydrogens is 228 g/mol. The van der Waals surface area contributed by atoms with Gasteiger partial charge in [-0.3, -0.25) is 4.79 Å². The number of aliphatic hydroxyl groups is 1. The van der Waals surface area contributed by atoms with Gasteiger partial charge in [0.1, 0.15) is 0 Å². The summed E-state index contributed by atoms with van der Waals surface area (Å²) in [6, 6.07) is 1.11. The zero-order chi connectivity index (χ0) is 13.1. The summed E-state index contributed by atoms with van der Waals surface area (Å²) >= 11 is 0. The topological polar surface area (TPSA) is 52.6 Å². The van der Waals surface area contributed by atoms with Gasteiger partial charge in [0, 0.05) is 24.5 Å². The summed E-state index contributed by atoms with van der Waals surface area (Å²) < 4.78 is 0. The predicted octanol–water partition coefficient (Wildman–Crippen LogP) is 1.28. The standard InChI is InChI=1S/C14H26N2O2/c1-10(2)15-7-3-4-14(18)16-11-5-6-12(16)9-13(17)8-11/h10-13,15,17H,3-9H2,1-2H3. The summed E-state index contributed by atoms with van der Waals surface area (Å²) in [6.07, 6.45) is 5.10. The van der Waals surface area contributed by atoms with Gasteiger partial charge in [-0.1, -0.05) is 13.8 Å². The van der Waals surface area contributed by atoms with Crippen molar-refractivity contribution < 1.29 is 9.90 Å². The molecule has 2 saturated heterocycles. The molecule has 0 aromatic rings. The maximum absolute atomic E-state index is 12.2. The number of piperidine rings is 1. The molecule has 1 amide bonds. The molecule has 0 radical (unpaired) electrons. The molecule has 2 aliphatic rings. The summed E-state index contributed by atoms with van der Waals surface area (Å²) in [6.45, 7) is 5.15. The van der Waals surface area contributed by atoms with E-state index in [9.17, 15) is 9.90 Å². The van der Waals surface area contributed by atoms with Crippen molar-refractivity contribution in [1.82, 2.24) is 10.2 Å². The van der Waals surface area contributed by atoms with Crippen molar-refractivity contribution >= 4 is 5.91 Å². The Morgan fingerprint density at radius 1 is 1.33 bits per heavy atom. The fourth-order valence-corrected chi connectivity index (χ4v) is 3.31. The van der Waals surface area contributed by atoms with Crippen LogP contribution in [0.4, 0.5) is 0 Å². The van der Waals surface area contributed by atoms with Crippen LogP contribution < -0.4 is 5.32 Å². The second kappa shape index (κ2) is 6.02. The molecule has 0 spiro atoms. The maximum atomic E-state index is 12.2. The van der Waals surface area contributed by atoms with Gasteiger partial charge in [0.05, 0.1) is 6.10 Å². The van der Waals surface area contributed by atoms with E-state index in [1.165, 1.54) is 0 Å². The minimum atomic E-state index is -0.186. The lowest BCUT2D eigenvalue weighted by Gasteiger charge is -2.37. The van der Waals surface area contributed by atoms with E-state index < -0.39 is 0 Å². The molecule has 104 valence electrons. The van der Waals surface area contributed by atoms with Crippen LogP contribution in [0.2, 0.25) is 0 Å². The van der Waals surface area contributed by atoms with Crippen LogP contribution in [0.3, 0.4) is 0 Å². The molecule has 2 heterocycles. The van der Waals surface area contributed by atoms with E-state index in [4.69, 9.17) is 0 Å². The van der Waals surface area contributed by atoms with Gasteiger partial charge < -0.3 is 15.3 Å². The van der Waals surface area contributed by atoms with Crippen molar-refractivity contribution in [3.63, 3.8) is 0 Å². The highest BCUT2D eigenvalue weighted by molar-refractivity contribution is 5.77. The van der Waals surface area contributed by atoms with Gasteiger partial charge in [-0.15, -0.1) is 0 Å². The van der Waals surface area contributed by atoms with Crippen molar-refractivity contribution in [3.05, 3.63) is 0 Å². The summed E-state index contributed by atoms with van der Waals surface area (Å²) in [5, 5.41) is 13.1. The number of aliphatic hydroxyl groups excluding tert-OH is 1. The van der Waals surface area contributed by atoms with Gasteiger partial charge in [0.2, 0.25) is 5.91 Å². The number of carbonyl (C=O) groups excluding carboxylic acids is 1. The molecule has 2 rings (SSSR count). The number of amides is 1. The number of rotatable bonds is 5. The van der Waals surface area contributed by atoms with Gasteiger partial charge >= 0.3 is 0 Å². The third-order valence-electron chi connectivity index (χ3n) is 4.12. The van der Waals surface area contributed by atoms with Gasteiger partial charge in [-0.25, -0.2) is 0 Å². The zero-order valence-electron chi connectivity index (χ0n) is 11.6. The van der Waals surface area contributed by atoms with Crippen molar-refractivity contribution in [2.45, 2.75) is 76.6 Å². The number of hydrogen-bond acceptors (Lipinski definition) is 3. The van der Waals surface area contributed by atoms with E-state index in [0.29, 0.717) is 30.5 Å². The van der Waals surface area contributed by atoms with Crippen LogP contribution >= 0.6 is 0 Å². The van der Waals surface area contributed by atoms with Crippen molar-refractivity contribution in [2.24, 2.45) is 0 Å². The number of hydrogen-bond donors (Lipinski definition) is 2. The highest BCUT2D eigenvalue weighted by Crippen LogP contribution is 2.36. The van der Waals surface area contributed by atoms with E-state index in [0.717, 1.165) is 38.6 Å². The molecule has 2 atom stereocenters. The smallest absolute Gasteiger partial charge is 0.223 e. The lowest BCUT2D eigenvalue weighted by molar-refractivity contribution is -0.137. The SMILES string of the molecule is CC(C)NCCCC(=O)N1C2CCC1CC(O)C2. The van der Waals surface area contributed by atoms with Crippen LogP contribution in [-0.4, -0.2) is 46.7 Å². The number of carbonyl (C=O) groups is 1. The van der Waals surface area contributed by atoms with Crippen molar-refractivity contribution in [2.75, 3.05) is 6.54 Å². The lowest BCUT2D eigenvalue weighted by atomic mass is 9.99. The Labute approximate surface area is 110 Å². The average Bonchev–Trinajstić information content (AvgIpc) is 2.57. The van der Waals surface area contributed by atoms with E-state index in [2.05, 4.69) is 24.1 Å². The minimum absolute atomic E-state index is 0.186. The summed E-state index contributed by atoms with van der Waals surface area (Å²) in [4.78, 5) is 14.3. The fraction of sp³-hybridized carbons (Fsp3) is 0.929. The van der Waals surface area contributed by atoms with E-state index in [1.54, 1.807) is 0 Å². The Kier molecular flexibility index (Phi) is 4.62. The second-order valence-electron chi connectivity index (χ2n) is 6.02. The van der Waals surface area contributed by atoms with Gasteiger partial charge in [0.15, 0.2) is 0 Å². The van der Waals surface area contributed by atoms with E-state index >= 15 is 0 Å². The predicted molar refractivity (Wildman–Crippen MR) is 71.3 cm³/mol. The Morgan fingerprint density at radius 2 is 1.94 bits per heavy atom. The Hall–Kier alpha value is -0.610. The molecule has 2 bridgehead atoms. The normalized spacial score (nSPS) is 31.1. The van der Waals surface area contributed by atoms with Gasteiger partial charge in [-0.2, -0.15) is 0 Å². The van der Waals surface area contributed by atoms with Crippen LogP contribution in [0.25, 0.3) is 0 Å². The third-order valence-corrected chi connectivity index (χ3v) is 4.12. The Bertz CT molecular complexity index is 280. The molecule has 2 fully saturated rings. The molecule has 2 aliphatic heterocycles. The fourth-order valence-electron chi connectivity index (χ4n) is 3.31. The maximum Gasteiger partial charge on any atom is 0.223 e. The lowest BCUT2D eigenvalue weighted by Crippen LogP contribution is -2.48. The highest BCUT2D eigenvalue weighted by Gasteiger charge is 2.42. The molecule has 0 aromatic carbocycles. The Morgan fingerprint density at radius 3 is 2.50 bits per heavy atom. The average molecular weight is 254 g/mol. The second-order valence-corrected chi connectivity index (χ2v) is 6.02. The third kappa shape index (κ3) is 3.23. The molecule has 0 aliphatic carbocycles. The van der Waals surface area contributed by atoms with Crippen LogP contribution in [0.1, 0.15) is 52.4 Å². The number of nitrogens with zero attached hydrogens (tertiary/aromatic N) is 1. The van der Waals surface area contributed by atoms with E-state index in [1.807, 2.05) is 0 Å². The molecule has 0 aromatic heterocycles. The first-order valence-electron chi connectivity index (χ1n) is 7.30. The van der Waals surface area contributed by atoms with Crippen LogP contribution in [0.5, 0.6) is 0 Å². The van der Waals surface area contributed by atoms with Gasteiger partial charge in [0.25, 0.3) is 0 Å². The van der Waals surface area contributed by atoms with Crippen LogP contribution in [-0.2, 0) is 4.79 Å². The number of nitrogens with one attached hydrogen (secondary N) is 1. The molecule has 2 unspecified atom stereocenters. The quantitative estimate of drug-likeness (QED) is 0.727. The first-order valence-corrected chi connectivity index (χ1v) is 7.30. The van der Waals surface area contributed by atoms with Crippen molar-refractivity contribution in [1.29, 1.82) is 0 Å². The molecule has 0 saturated carbocycles.